The van der Waals surface area contributed by atoms with E-state index in [2.05, 4.69) is 10.6 Å². The Bertz CT molecular complexity index is 483. The lowest BCUT2D eigenvalue weighted by molar-refractivity contribution is -0.131. The van der Waals surface area contributed by atoms with Crippen LogP contribution in [-0.4, -0.2) is 47.4 Å². The number of nitrogens with two attached hydrogens (primary N) is 1. The van der Waals surface area contributed by atoms with Crippen molar-refractivity contribution in [1.29, 1.82) is 0 Å². The summed E-state index contributed by atoms with van der Waals surface area (Å²) in [6.45, 7) is 0.572. The summed E-state index contributed by atoms with van der Waals surface area (Å²) in [5.41, 5.74) is 4.97. The molecule has 3 aliphatic rings. The van der Waals surface area contributed by atoms with Gasteiger partial charge < -0.3 is 16.4 Å². The maximum atomic E-state index is 12.4. The molecule has 1 spiro atoms. The minimum absolute atomic E-state index is 0.0248. The van der Waals surface area contributed by atoms with E-state index in [1.54, 1.807) is 0 Å². The van der Waals surface area contributed by atoms with Gasteiger partial charge in [0.25, 0.3) is 5.91 Å². The van der Waals surface area contributed by atoms with Crippen LogP contribution in [0, 0.1) is 5.92 Å². The second kappa shape index (κ2) is 5.87. The van der Waals surface area contributed by atoms with Gasteiger partial charge in [-0.25, -0.2) is 4.79 Å². The van der Waals surface area contributed by atoms with Gasteiger partial charge in [-0.1, -0.05) is 12.8 Å². The number of imide groups is 1. The quantitative estimate of drug-likeness (QED) is 0.605. The van der Waals surface area contributed by atoms with E-state index in [1.165, 1.54) is 4.90 Å². The van der Waals surface area contributed by atoms with Gasteiger partial charge in [0.1, 0.15) is 5.54 Å². The summed E-state index contributed by atoms with van der Waals surface area (Å²) < 4.78 is 0. The first-order chi connectivity index (χ1) is 10.6. The fraction of sp³-hybridized carbons (Fsp3) is 0.800. The van der Waals surface area contributed by atoms with Gasteiger partial charge in [-0.15, -0.1) is 0 Å². The summed E-state index contributed by atoms with van der Waals surface area (Å²) in [6.07, 6.45) is 5.68. The molecule has 1 atom stereocenters. The van der Waals surface area contributed by atoms with Crippen LogP contribution < -0.4 is 16.4 Å². The van der Waals surface area contributed by atoms with Crippen molar-refractivity contribution < 1.29 is 14.4 Å². The van der Waals surface area contributed by atoms with Crippen LogP contribution in [0.15, 0.2) is 0 Å². The van der Waals surface area contributed by atoms with Crippen LogP contribution >= 0.6 is 0 Å². The summed E-state index contributed by atoms with van der Waals surface area (Å²) in [5.74, 6) is 0.183. The van der Waals surface area contributed by atoms with Gasteiger partial charge in [0.15, 0.2) is 0 Å². The average molecular weight is 308 g/mol. The van der Waals surface area contributed by atoms with Crippen molar-refractivity contribution in [2.24, 2.45) is 11.7 Å². The van der Waals surface area contributed by atoms with Crippen molar-refractivity contribution in [2.45, 2.75) is 56.5 Å². The van der Waals surface area contributed by atoms with Crippen molar-refractivity contribution in [1.82, 2.24) is 15.5 Å². The third kappa shape index (κ3) is 2.82. The number of nitrogens with zero attached hydrogens (tertiary/aromatic N) is 1. The maximum Gasteiger partial charge on any atom is 0.325 e. The van der Waals surface area contributed by atoms with E-state index in [1.807, 2.05) is 0 Å². The molecule has 0 aromatic carbocycles. The van der Waals surface area contributed by atoms with Gasteiger partial charge in [-0.05, 0) is 31.6 Å². The smallest absolute Gasteiger partial charge is 0.325 e. The minimum Gasteiger partial charge on any atom is -0.352 e. The van der Waals surface area contributed by atoms with Crippen LogP contribution in [0.5, 0.6) is 0 Å². The number of nitrogens with one attached hydrogen (secondary N) is 2. The van der Waals surface area contributed by atoms with Gasteiger partial charge >= 0.3 is 6.03 Å². The highest BCUT2D eigenvalue weighted by molar-refractivity contribution is 6.07. The fourth-order valence-electron chi connectivity index (χ4n) is 3.56. The van der Waals surface area contributed by atoms with Crippen molar-refractivity contribution in [3.05, 3.63) is 0 Å². The lowest BCUT2D eigenvalue weighted by Crippen LogP contribution is -2.45. The van der Waals surface area contributed by atoms with E-state index in [0.717, 1.165) is 25.7 Å². The zero-order valence-corrected chi connectivity index (χ0v) is 12.8. The molecule has 4 amide bonds. The second-order valence-corrected chi connectivity index (χ2v) is 6.67. The molecule has 4 N–H and O–H groups in total. The molecule has 0 bridgehead atoms. The van der Waals surface area contributed by atoms with E-state index in [-0.39, 0.29) is 36.9 Å². The second-order valence-electron chi connectivity index (χ2n) is 6.67. The highest BCUT2D eigenvalue weighted by Crippen LogP contribution is 2.35. The molecule has 1 aliphatic heterocycles. The normalized spacial score (nSPS) is 24.7. The minimum atomic E-state index is -0.693. The summed E-state index contributed by atoms with van der Waals surface area (Å²) in [4.78, 5) is 37.6. The number of amides is 4. The Kier molecular flexibility index (Phi) is 4.08. The first-order valence-corrected chi connectivity index (χ1v) is 8.19. The SMILES string of the molecule is NCC(NC(=O)CCN1C(=O)NC2(CCCC2)C1=O)C1CC1. The lowest BCUT2D eigenvalue weighted by Gasteiger charge is -2.20. The van der Waals surface area contributed by atoms with Crippen LogP contribution in [0.3, 0.4) is 0 Å². The molecule has 1 unspecified atom stereocenters. The Morgan fingerprint density at radius 1 is 1.36 bits per heavy atom. The van der Waals surface area contributed by atoms with Crippen LogP contribution in [0.2, 0.25) is 0 Å². The van der Waals surface area contributed by atoms with E-state index in [9.17, 15) is 14.4 Å². The molecule has 0 radical (unpaired) electrons. The third-order valence-corrected chi connectivity index (χ3v) is 5.06. The average Bonchev–Trinajstić information content (AvgIpc) is 3.18. The first kappa shape index (κ1) is 15.3. The maximum absolute atomic E-state index is 12.4. The zero-order chi connectivity index (χ0) is 15.7. The highest BCUT2D eigenvalue weighted by Gasteiger charge is 2.52. The van der Waals surface area contributed by atoms with E-state index in [0.29, 0.717) is 25.3 Å². The van der Waals surface area contributed by atoms with E-state index >= 15 is 0 Å². The first-order valence-electron chi connectivity index (χ1n) is 8.19. The Hall–Kier alpha value is -1.63. The molecular formula is C15H24N4O3. The summed E-state index contributed by atoms with van der Waals surface area (Å²) in [5, 5.41) is 5.73. The number of hydrogen-bond acceptors (Lipinski definition) is 4. The number of urea groups is 1. The molecule has 1 saturated heterocycles. The predicted molar refractivity (Wildman–Crippen MR) is 79.8 cm³/mol. The van der Waals surface area contributed by atoms with Crippen LogP contribution in [0.4, 0.5) is 4.79 Å². The molecule has 1 heterocycles. The molecular weight excluding hydrogens is 284 g/mol. The van der Waals surface area contributed by atoms with Crippen molar-refractivity contribution in [2.75, 3.05) is 13.1 Å². The van der Waals surface area contributed by atoms with Crippen LogP contribution in [0.25, 0.3) is 0 Å². The lowest BCUT2D eigenvalue weighted by atomic mass is 9.98. The third-order valence-electron chi connectivity index (χ3n) is 5.06. The molecule has 7 nitrogen and oxygen atoms in total. The predicted octanol–water partition coefficient (Wildman–Crippen LogP) is 0.0946. The standard InChI is InChI=1S/C15H24N4O3/c16-9-11(10-3-4-10)17-12(20)5-8-19-13(21)15(18-14(19)22)6-1-2-7-15/h10-11H,1-9,16H2,(H,17,20)(H,18,22). The number of carbonyl (C=O) groups excluding carboxylic acids is 3. The summed E-state index contributed by atoms with van der Waals surface area (Å²) in [7, 11) is 0. The van der Waals surface area contributed by atoms with Crippen LogP contribution in [0.1, 0.15) is 44.9 Å². The van der Waals surface area contributed by atoms with Crippen LogP contribution in [-0.2, 0) is 9.59 Å². The Morgan fingerprint density at radius 3 is 2.64 bits per heavy atom. The molecule has 122 valence electrons. The van der Waals surface area contributed by atoms with Gasteiger partial charge in [0.05, 0.1) is 0 Å². The summed E-state index contributed by atoms with van der Waals surface area (Å²) >= 11 is 0. The molecule has 3 fully saturated rings. The molecule has 3 rings (SSSR count). The van der Waals surface area contributed by atoms with Gasteiger partial charge in [0, 0.05) is 25.6 Å². The van der Waals surface area contributed by atoms with Gasteiger partial charge in [-0.3, -0.25) is 14.5 Å². The largest absolute Gasteiger partial charge is 0.352 e. The monoisotopic (exact) mass is 308 g/mol. The Morgan fingerprint density at radius 2 is 2.05 bits per heavy atom. The Labute approximate surface area is 130 Å². The van der Waals surface area contributed by atoms with Gasteiger partial charge in [0.2, 0.25) is 5.91 Å². The molecule has 22 heavy (non-hydrogen) atoms. The summed E-state index contributed by atoms with van der Waals surface area (Å²) in [6, 6.07) is -0.339. The number of rotatable bonds is 6. The fourth-order valence-corrected chi connectivity index (χ4v) is 3.56. The number of hydrogen-bond donors (Lipinski definition) is 3. The molecule has 0 aromatic rings. The number of carbonyl (C=O) groups is 3. The molecule has 7 heteroatoms. The van der Waals surface area contributed by atoms with Gasteiger partial charge in [-0.2, -0.15) is 0 Å². The zero-order valence-electron chi connectivity index (χ0n) is 12.8. The molecule has 2 saturated carbocycles. The van der Waals surface area contributed by atoms with E-state index in [4.69, 9.17) is 5.73 Å². The van der Waals surface area contributed by atoms with Crippen molar-refractivity contribution >= 4 is 17.8 Å². The van der Waals surface area contributed by atoms with Crippen molar-refractivity contribution in [3.8, 4) is 0 Å². The highest BCUT2D eigenvalue weighted by atomic mass is 16.2. The molecule has 2 aliphatic carbocycles. The van der Waals surface area contributed by atoms with E-state index < -0.39 is 5.54 Å². The Balaban J connectivity index is 1.51. The molecule has 0 aromatic heterocycles. The van der Waals surface area contributed by atoms with Crippen molar-refractivity contribution in [3.63, 3.8) is 0 Å². The topological polar surface area (TPSA) is 105 Å².